The Morgan fingerprint density at radius 2 is 1.50 bits per heavy atom. The van der Waals surface area contributed by atoms with Crippen molar-refractivity contribution in [3.8, 4) is 17.2 Å². The normalized spacial score (nSPS) is 13.6. The molecular formula is C25H30N2O5. The molecule has 2 amide bonds. The van der Waals surface area contributed by atoms with Crippen LogP contribution in [-0.4, -0.2) is 43.1 Å². The molecule has 0 bridgehead atoms. The van der Waals surface area contributed by atoms with Gasteiger partial charge in [-0.25, -0.2) is 0 Å². The van der Waals surface area contributed by atoms with Gasteiger partial charge in [0.1, 0.15) is 11.4 Å². The van der Waals surface area contributed by atoms with Gasteiger partial charge in [0.05, 0.1) is 25.4 Å². The lowest BCUT2D eigenvalue weighted by atomic mass is 10.0. The first kappa shape index (κ1) is 23.2. The molecule has 0 aliphatic carbocycles. The van der Waals surface area contributed by atoms with Crippen molar-refractivity contribution in [1.82, 2.24) is 4.90 Å². The summed E-state index contributed by atoms with van der Waals surface area (Å²) in [4.78, 5) is 27.3. The number of amides is 2. The van der Waals surface area contributed by atoms with Gasteiger partial charge in [0, 0.05) is 18.3 Å². The number of rotatable bonds is 11. The third-order valence-electron chi connectivity index (χ3n) is 4.91. The van der Waals surface area contributed by atoms with Crippen LogP contribution >= 0.6 is 0 Å². The quantitative estimate of drug-likeness (QED) is 0.521. The van der Waals surface area contributed by atoms with Gasteiger partial charge in [-0.15, -0.1) is 0 Å². The lowest BCUT2D eigenvalue weighted by Crippen LogP contribution is -2.32. The van der Waals surface area contributed by atoms with E-state index in [1.165, 1.54) is 4.90 Å². The fourth-order valence-electron chi connectivity index (χ4n) is 3.46. The number of anilines is 1. The first-order valence-electron chi connectivity index (χ1n) is 11.0. The van der Waals surface area contributed by atoms with Crippen LogP contribution in [0.1, 0.15) is 39.7 Å². The summed E-state index contributed by atoms with van der Waals surface area (Å²) in [6, 6.07) is 12.6. The highest BCUT2D eigenvalue weighted by Gasteiger charge is 2.38. The maximum absolute atomic E-state index is 13.0. The summed E-state index contributed by atoms with van der Waals surface area (Å²) in [5.74, 6) is 1.25. The van der Waals surface area contributed by atoms with Gasteiger partial charge in [-0.1, -0.05) is 19.1 Å². The first-order chi connectivity index (χ1) is 15.5. The Balaban J connectivity index is 1.98. The van der Waals surface area contributed by atoms with Crippen molar-refractivity contribution in [2.24, 2.45) is 0 Å². The third kappa shape index (κ3) is 4.88. The Morgan fingerprint density at radius 3 is 2.12 bits per heavy atom. The van der Waals surface area contributed by atoms with Crippen molar-refractivity contribution < 1.29 is 23.8 Å². The number of hydrogen-bond acceptors (Lipinski definition) is 6. The molecule has 7 heteroatoms. The van der Waals surface area contributed by atoms with Gasteiger partial charge < -0.3 is 19.5 Å². The standard InChI is InChI=1S/C25H30N2O5/c1-5-15-32-19-12-9-17(10-13-19)22-23(25(29)27(6-2)24(22)28)26-18-11-14-20(30-7-3)21(16-18)31-8-4/h9-14,16,26H,5-8,15H2,1-4H3. The summed E-state index contributed by atoms with van der Waals surface area (Å²) in [5.41, 5.74) is 1.87. The minimum atomic E-state index is -0.356. The highest BCUT2D eigenvalue weighted by atomic mass is 16.5. The predicted octanol–water partition coefficient (Wildman–Crippen LogP) is 4.48. The molecule has 1 aliphatic heterocycles. The van der Waals surface area contributed by atoms with Crippen molar-refractivity contribution in [2.75, 3.05) is 31.7 Å². The van der Waals surface area contributed by atoms with Crippen LogP contribution in [0.25, 0.3) is 5.57 Å². The average Bonchev–Trinajstić information content (AvgIpc) is 3.03. The molecule has 1 aliphatic rings. The van der Waals surface area contributed by atoms with Gasteiger partial charge in [0.15, 0.2) is 11.5 Å². The summed E-state index contributed by atoms with van der Waals surface area (Å²) < 4.78 is 16.9. The number of likely N-dealkylation sites (N-methyl/N-ethyl adjacent to an activating group) is 1. The molecule has 1 heterocycles. The molecule has 2 aromatic rings. The van der Waals surface area contributed by atoms with Crippen LogP contribution in [0.3, 0.4) is 0 Å². The summed E-state index contributed by atoms with van der Waals surface area (Å²) in [7, 11) is 0. The zero-order valence-electron chi connectivity index (χ0n) is 19.1. The summed E-state index contributed by atoms with van der Waals surface area (Å²) in [6.07, 6.45) is 0.908. The minimum absolute atomic E-state index is 0.241. The Kier molecular flexibility index (Phi) is 7.76. The fourth-order valence-corrected chi connectivity index (χ4v) is 3.46. The SMILES string of the molecule is CCCOc1ccc(C2=C(Nc3ccc(OCC)c(OCC)c3)C(=O)N(CC)C2=O)cc1. The summed E-state index contributed by atoms with van der Waals surface area (Å²) in [5, 5.41) is 3.15. The zero-order valence-corrected chi connectivity index (χ0v) is 19.1. The van der Waals surface area contributed by atoms with Crippen LogP contribution in [0.4, 0.5) is 5.69 Å². The Labute approximate surface area is 189 Å². The molecule has 0 saturated heterocycles. The van der Waals surface area contributed by atoms with Crippen molar-refractivity contribution in [2.45, 2.75) is 34.1 Å². The lowest BCUT2D eigenvalue weighted by molar-refractivity contribution is -0.136. The first-order valence-corrected chi connectivity index (χ1v) is 11.0. The second-order valence-corrected chi connectivity index (χ2v) is 7.13. The molecule has 170 valence electrons. The van der Waals surface area contributed by atoms with E-state index in [0.717, 1.165) is 12.2 Å². The molecule has 2 aromatic carbocycles. The number of carbonyl (C=O) groups excluding carboxylic acids is 2. The molecule has 0 aromatic heterocycles. The zero-order chi connectivity index (χ0) is 23.1. The Hall–Kier alpha value is -3.48. The van der Waals surface area contributed by atoms with Gasteiger partial charge in [0.25, 0.3) is 11.8 Å². The number of carbonyl (C=O) groups is 2. The van der Waals surface area contributed by atoms with E-state index in [4.69, 9.17) is 14.2 Å². The second-order valence-electron chi connectivity index (χ2n) is 7.13. The van der Waals surface area contributed by atoms with E-state index in [9.17, 15) is 9.59 Å². The third-order valence-corrected chi connectivity index (χ3v) is 4.91. The largest absolute Gasteiger partial charge is 0.494 e. The van der Waals surface area contributed by atoms with Crippen molar-refractivity contribution in [3.63, 3.8) is 0 Å². The molecular weight excluding hydrogens is 408 g/mol. The van der Waals surface area contributed by atoms with Crippen molar-refractivity contribution >= 4 is 23.1 Å². The minimum Gasteiger partial charge on any atom is -0.494 e. The second kappa shape index (κ2) is 10.7. The van der Waals surface area contributed by atoms with E-state index in [1.54, 1.807) is 37.3 Å². The molecule has 0 atom stereocenters. The van der Waals surface area contributed by atoms with Crippen molar-refractivity contribution in [3.05, 3.63) is 53.7 Å². The number of ether oxygens (including phenoxy) is 3. The number of nitrogens with one attached hydrogen (secondary N) is 1. The van der Waals surface area contributed by atoms with E-state index in [2.05, 4.69) is 5.32 Å². The smallest absolute Gasteiger partial charge is 0.278 e. The van der Waals surface area contributed by atoms with Crippen LogP contribution in [0, 0.1) is 0 Å². The van der Waals surface area contributed by atoms with E-state index < -0.39 is 0 Å². The van der Waals surface area contributed by atoms with Crippen LogP contribution < -0.4 is 19.5 Å². The Bertz CT molecular complexity index is 998. The molecule has 32 heavy (non-hydrogen) atoms. The average molecular weight is 439 g/mol. The number of hydrogen-bond donors (Lipinski definition) is 1. The Morgan fingerprint density at radius 1 is 0.812 bits per heavy atom. The molecule has 7 nitrogen and oxygen atoms in total. The van der Waals surface area contributed by atoms with Gasteiger partial charge in [0.2, 0.25) is 0 Å². The highest BCUT2D eigenvalue weighted by molar-refractivity contribution is 6.36. The van der Waals surface area contributed by atoms with Crippen molar-refractivity contribution in [1.29, 1.82) is 0 Å². The molecule has 0 fully saturated rings. The van der Waals surface area contributed by atoms with Gasteiger partial charge in [-0.05, 0) is 57.0 Å². The van der Waals surface area contributed by atoms with Gasteiger partial charge in [-0.3, -0.25) is 14.5 Å². The van der Waals surface area contributed by atoms with Crippen LogP contribution in [0.2, 0.25) is 0 Å². The maximum Gasteiger partial charge on any atom is 0.278 e. The van der Waals surface area contributed by atoms with Crippen LogP contribution in [0.5, 0.6) is 17.2 Å². The summed E-state index contributed by atoms with van der Waals surface area (Å²) in [6.45, 7) is 9.51. The van der Waals surface area contributed by atoms with E-state index in [0.29, 0.717) is 48.1 Å². The molecule has 0 spiro atoms. The lowest BCUT2D eigenvalue weighted by Gasteiger charge is -2.14. The molecule has 0 radical (unpaired) electrons. The van der Waals surface area contributed by atoms with E-state index in [1.807, 2.05) is 32.9 Å². The molecule has 3 rings (SSSR count). The predicted molar refractivity (Wildman–Crippen MR) is 124 cm³/mol. The highest BCUT2D eigenvalue weighted by Crippen LogP contribution is 2.34. The molecule has 0 saturated carbocycles. The number of nitrogens with zero attached hydrogens (tertiary/aromatic N) is 1. The van der Waals surface area contributed by atoms with Gasteiger partial charge in [-0.2, -0.15) is 0 Å². The molecule has 0 unspecified atom stereocenters. The topological polar surface area (TPSA) is 77.1 Å². The number of benzene rings is 2. The van der Waals surface area contributed by atoms with Crippen LogP contribution in [-0.2, 0) is 9.59 Å². The van der Waals surface area contributed by atoms with E-state index >= 15 is 0 Å². The molecule has 1 N–H and O–H groups in total. The van der Waals surface area contributed by atoms with Crippen LogP contribution in [0.15, 0.2) is 48.2 Å². The van der Waals surface area contributed by atoms with E-state index in [-0.39, 0.29) is 24.1 Å². The maximum atomic E-state index is 13.0. The van der Waals surface area contributed by atoms with Gasteiger partial charge >= 0.3 is 0 Å². The number of imide groups is 1. The monoisotopic (exact) mass is 438 g/mol. The summed E-state index contributed by atoms with van der Waals surface area (Å²) >= 11 is 0. The fraction of sp³-hybridized carbons (Fsp3) is 0.360.